The molecule has 0 saturated carbocycles. The van der Waals surface area contributed by atoms with Crippen molar-refractivity contribution in [3.05, 3.63) is 71.8 Å². The van der Waals surface area contributed by atoms with Gasteiger partial charge in [-0.3, -0.25) is 4.79 Å². The highest BCUT2D eigenvalue weighted by molar-refractivity contribution is 5.99. The number of hydrogen-bond acceptors (Lipinski definition) is 5. The molecule has 0 aliphatic carbocycles. The molecular formula is C17H18O6. The van der Waals surface area contributed by atoms with E-state index in [9.17, 15) is 14.7 Å². The fourth-order valence-corrected chi connectivity index (χ4v) is 1.63. The van der Waals surface area contributed by atoms with Crippen LogP contribution in [0.15, 0.2) is 60.7 Å². The molecule has 0 radical (unpaired) electrons. The van der Waals surface area contributed by atoms with E-state index in [0.29, 0.717) is 11.1 Å². The molecule has 0 bridgehead atoms. The fourth-order valence-electron chi connectivity index (χ4n) is 1.63. The number of ketones is 1. The number of carboxylic acid groups (broad SMARTS) is 1. The molecule has 23 heavy (non-hydrogen) atoms. The number of aliphatic hydroxyl groups is 3. The van der Waals surface area contributed by atoms with Crippen molar-refractivity contribution in [3.63, 3.8) is 0 Å². The first kappa shape index (κ1) is 18.5. The summed E-state index contributed by atoms with van der Waals surface area (Å²) >= 11 is 0. The van der Waals surface area contributed by atoms with Crippen LogP contribution in [0.4, 0.5) is 0 Å². The van der Waals surface area contributed by atoms with Gasteiger partial charge in [-0.1, -0.05) is 48.5 Å². The second-order valence-electron chi connectivity index (χ2n) is 4.60. The van der Waals surface area contributed by atoms with Gasteiger partial charge in [-0.2, -0.15) is 0 Å². The number of aromatic carboxylic acids is 1. The minimum atomic E-state index is -1.57. The van der Waals surface area contributed by atoms with Gasteiger partial charge in [0, 0.05) is 5.56 Å². The van der Waals surface area contributed by atoms with Crippen LogP contribution >= 0.6 is 0 Å². The molecule has 0 saturated heterocycles. The zero-order valence-electron chi connectivity index (χ0n) is 12.2. The van der Waals surface area contributed by atoms with E-state index in [2.05, 4.69) is 0 Å². The molecule has 2 atom stereocenters. The Labute approximate surface area is 133 Å². The van der Waals surface area contributed by atoms with Gasteiger partial charge in [-0.05, 0) is 12.1 Å². The van der Waals surface area contributed by atoms with Crippen molar-refractivity contribution in [1.29, 1.82) is 0 Å². The van der Waals surface area contributed by atoms with Gasteiger partial charge >= 0.3 is 5.97 Å². The number of hydrogen-bond donors (Lipinski definition) is 4. The largest absolute Gasteiger partial charge is 0.478 e. The standard InChI is InChI=1S/C10H12O4.C7H6O2/c11-6-8(12)10(14)9(13)7-4-2-1-3-5-7;8-7(9)6-4-2-1-3-5-6/h1-5,8,10-12,14H,6H2;1-5H,(H,8,9). The first-order chi connectivity index (χ1) is 11.0. The minimum absolute atomic E-state index is 0.312. The van der Waals surface area contributed by atoms with Gasteiger partial charge in [0.25, 0.3) is 0 Å². The summed E-state index contributed by atoms with van der Waals surface area (Å²) in [7, 11) is 0. The quantitative estimate of drug-likeness (QED) is 0.611. The monoisotopic (exact) mass is 318 g/mol. The molecule has 2 unspecified atom stereocenters. The van der Waals surface area contributed by atoms with Gasteiger partial charge in [0.05, 0.1) is 12.2 Å². The Morgan fingerprint density at radius 3 is 1.61 bits per heavy atom. The molecule has 0 aliphatic rings. The van der Waals surface area contributed by atoms with Crippen LogP contribution in [0.3, 0.4) is 0 Å². The van der Waals surface area contributed by atoms with Gasteiger partial charge in [0.1, 0.15) is 12.2 Å². The third-order valence-electron chi connectivity index (χ3n) is 2.90. The van der Waals surface area contributed by atoms with Crippen molar-refractivity contribution >= 4 is 11.8 Å². The topological polar surface area (TPSA) is 115 Å². The molecular weight excluding hydrogens is 300 g/mol. The maximum absolute atomic E-state index is 11.4. The van der Waals surface area contributed by atoms with Crippen LogP contribution in [0.25, 0.3) is 0 Å². The smallest absolute Gasteiger partial charge is 0.335 e. The van der Waals surface area contributed by atoms with Crippen LogP contribution in [0.5, 0.6) is 0 Å². The van der Waals surface area contributed by atoms with E-state index in [-0.39, 0.29) is 0 Å². The van der Waals surface area contributed by atoms with Crippen molar-refractivity contribution in [2.24, 2.45) is 0 Å². The van der Waals surface area contributed by atoms with Gasteiger partial charge in [-0.15, -0.1) is 0 Å². The minimum Gasteiger partial charge on any atom is -0.478 e. The zero-order valence-corrected chi connectivity index (χ0v) is 12.2. The van der Waals surface area contributed by atoms with Crippen molar-refractivity contribution in [3.8, 4) is 0 Å². The van der Waals surface area contributed by atoms with Gasteiger partial charge in [-0.25, -0.2) is 4.79 Å². The van der Waals surface area contributed by atoms with Crippen molar-refractivity contribution in [2.45, 2.75) is 12.2 Å². The van der Waals surface area contributed by atoms with E-state index in [0.717, 1.165) is 0 Å². The summed E-state index contributed by atoms with van der Waals surface area (Å²) in [6.45, 7) is -0.639. The summed E-state index contributed by atoms with van der Waals surface area (Å²) < 4.78 is 0. The zero-order chi connectivity index (χ0) is 17.2. The lowest BCUT2D eigenvalue weighted by Gasteiger charge is -2.13. The van der Waals surface area contributed by atoms with E-state index < -0.39 is 30.6 Å². The van der Waals surface area contributed by atoms with Gasteiger partial charge in [0.2, 0.25) is 0 Å². The number of Topliss-reactive ketones (excluding diaryl/α,β-unsaturated/α-hetero) is 1. The second-order valence-corrected chi connectivity index (χ2v) is 4.60. The Bertz CT molecular complexity index is 611. The number of rotatable bonds is 5. The maximum atomic E-state index is 11.4. The number of carboxylic acids is 1. The average Bonchev–Trinajstić information content (AvgIpc) is 2.61. The highest BCUT2D eigenvalue weighted by Crippen LogP contribution is 2.06. The molecule has 0 fully saturated rings. The molecule has 0 aromatic heterocycles. The Kier molecular flexibility index (Phi) is 7.62. The van der Waals surface area contributed by atoms with Crippen LogP contribution in [-0.4, -0.2) is 51.0 Å². The molecule has 122 valence electrons. The van der Waals surface area contributed by atoms with E-state index in [1.807, 2.05) is 0 Å². The number of aliphatic hydroxyl groups excluding tert-OH is 3. The Morgan fingerprint density at radius 1 is 0.826 bits per heavy atom. The summed E-state index contributed by atoms with van der Waals surface area (Å²) in [5.41, 5.74) is 0.644. The number of carbonyl (C=O) groups excluding carboxylic acids is 1. The van der Waals surface area contributed by atoms with E-state index in [1.165, 1.54) is 12.1 Å². The molecule has 6 heteroatoms. The first-order valence-corrected chi connectivity index (χ1v) is 6.82. The highest BCUT2D eigenvalue weighted by Gasteiger charge is 2.24. The summed E-state index contributed by atoms with van der Waals surface area (Å²) in [4.78, 5) is 21.6. The number of benzene rings is 2. The molecule has 4 N–H and O–H groups in total. The van der Waals surface area contributed by atoms with Crippen LogP contribution < -0.4 is 0 Å². The van der Waals surface area contributed by atoms with E-state index in [1.54, 1.807) is 48.5 Å². The van der Waals surface area contributed by atoms with Crippen LogP contribution in [-0.2, 0) is 0 Å². The predicted molar refractivity (Wildman–Crippen MR) is 83.3 cm³/mol. The Hall–Kier alpha value is -2.54. The lowest BCUT2D eigenvalue weighted by Crippen LogP contribution is -2.36. The average molecular weight is 318 g/mol. The molecule has 0 heterocycles. The highest BCUT2D eigenvalue weighted by atomic mass is 16.4. The molecule has 2 aromatic rings. The maximum Gasteiger partial charge on any atom is 0.335 e. The van der Waals surface area contributed by atoms with E-state index in [4.69, 9.17) is 15.3 Å². The van der Waals surface area contributed by atoms with Crippen molar-refractivity contribution in [2.75, 3.05) is 6.61 Å². The second kappa shape index (κ2) is 9.47. The fraction of sp³-hybridized carbons (Fsp3) is 0.176. The summed E-state index contributed by atoms with van der Waals surface area (Å²) in [5, 5.41) is 35.2. The van der Waals surface area contributed by atoms with Crippen molar-refractivity contribution < 1.29 is 30.0 Å². The van der Waals surface area contributed by atoms with Crippen LogP contribution in [0.1, 0.15) is 20.7 Å². The molecule has 6 nitrogen and oxygen atoms in total. The lowest BCUT2D eigenvalue weighted by molar-refractivity contribution is -0.00491. The molecule has 0 spiro atoms. The van der Waals surface area contributed by atoms with Gasteiger partial charge < -0.3 is 20.4 Å². The SMILES string of the molecule is O=C(O)c1ccccc1.O=C(c1ccccc1)C(O)C(O)CO. The van der Waals surface area contributed by atoms with E-state index >= 15 is 0 Å². The summed E-state index contributed by atoms with van der Waals surface area (Å²) in [6.07, 6.45) is -3.00. The Balaban J connectivity index is 0.000000253. The Morgan fingerprint density at radius 2 is 1.26 bits per heavy atom. The lowest BCUT2D eigenvalue weighted by atomic mass is 10.0. The van der Waals surface area contributed by atoms with Crippen molar-refractivity contribution in [1.82, 2.24) is 0 Å². The molecule has 2 aromatic carbocycles. The van der Waals surface area contributed by atoms with Crippen LogP contribution in [0, 0.1) is 0 Å². The number of carbonyl (C=O) groups is 2. The molecule has 0 amide bonds. The first-order valence-electron chi connectivity index (χ1n) is 6.82. The summed E-state index contributed by atoms with van der Waals surface area (Å²) in [5.74, 6) is -1.47. The summed E-state index contributed by atoms with van der Waals surface area (Å²) in [6, 6.07) is 16.4. The van der Waals surface area contributed by atoms with Gasteiger partial charge in [0.15, 0.2) is 5.78 Å². The van der Waals surface area contributed by atoms with Crippen LogP contribution in [0.2, 0.25) is 0 Å². The normalized spacial score (nSPS) is 12.5. The third kappa shape index (κ3) is 5.99. The predicted octanol–water partition coefficient (Wildman–Crippen LogP) is 0.968. The molecule has 2 rings (SSSR count). The molecule has 0 aliphatic heterocycles. The third-order valence-corrected chi connectivity index (χ3v) is 2.90.